The van der Waals surface area contributed by atoms with Gasteiger partial charge in [-0.2, -0.15) is 0 Å². The third-order valence-corrected chi connectivity index (χ3v) is 5.37. The van der Waals surface area contributed by atoms with Crippen LogP contribution in [-0.2, 0) is 12.3 Å². The van der Waals surface area contributed by atoms with Crippen LogP contribution in [0.15, 0.2) is 12.1 Å². The van der Waals surface area contributed by atoms with Crippen molar-refractivity contribution in [2.24, 2.45) is 0 Å². The maximum atomic E-state index is 6.07. The number of nitrogens with zero attached hydrogens (tertiary/aromatic N) is 3. The summed E-state index contributed by atoms with van der Waals surface area (Å²) in [5.74, 6) is 1.71. The van der Waals surface area contributed by atoms with Crippen molar-refractivity contribution in [2.45, 2.75) is 57.0 Å². The summed E-state index contributed by atoms with van der Waals surface area (Å²) >= 11 is 6.07. The van der Waals surface area contributed by atoms with Gasteiger partial charge in [0.1, 0.15) is 5.82 Å². The van der Waals surface area contributed by atoms with E-state index in [4.69, 9.17) is 16.6 Å². The summed E-state index contributed by atoms with van der Waals surface area (Å²) in [7, 11) is 2.29. The van der Waals surface area contributed by atoms with Gasteiger partial charge in [0, 0.05) is 36.7 Å². The molecule has 2 bridgehead atoms. The van der Waals surface area contributed by atoms with E-state index >= 15 is 0 Å². The number of likely N-dealkylation sites (N-methyl/N-ethyl adjacent to an activating group) is 1. The first kappa shape index (κ1) is 15.1. The van der Waals surface area contributed by atoms with Crippen LogP contribution in [0.25, 0.3) is 0 Å². The lowest BCUT2D eigenvalue weighted by Crippen LogP contribution is -2.37. The normalized spacial score (nSPS) is 26.1. The van der Waals surface area contributed by atoms with Gasteiger partial charge in [0.25, 0.3) is 0 Å². The summed E-state index contributed by atoms with van der Waals surface area (Å²) in [4.78, 5) is 9.96. The molecule has 2 fully saturated rings. The average Bonchev–Trinajstić information content (AvgIpc) is 2.72. The van der Waals surface area contributed by atoms with Crippen molar-refractivity contribution in [3.63, 3.8) is 0 Å². The average molecular weight is 308 g/mol. The molecule has 2 saturated heterocycles. The second-order valence-corrected chi connectivity index (χ2v) is 6.76. The molecule has 21 heavy (non-hydrogen) atoms. The van der Waals surface area contributed by atoms with Gasteiger partial charge in [0.15, 0.2) is 0 Å². The zero-order valence-corrected chi connectivity index (χ0v) is 13.9. The number of pyridine rings is 1. The molecular formula is C17H26ClN3. The first-order chi connectivity index (χ1) is 10.2. The number of hydrogen-bond acceptors (Lipinski definition) is 3. The van der Waals surface area contributed by atoms with Gasteiger partial charge in [-0.3, -0.25) is 4.90 Å². The van der Waals surface area contributed by atoms with E-state index in [-0.39, 0.29) is 0 Å². The van der Waals surface area contributed by atoms with Crippen molar-refractivity contribution in [1.82, 2.24) is 9.88 Å². The Kier molecular flexibility index (Phi) is 4.70. The molecule has 0 aromatic carbocycles. The van der Waals surface area contributed by atoms with Crippen LogP contribution in [0.4, 0.5) is 5.82 Å². The Morgan fingerprint density at radius 3 is 2.81 bits per heavy atom. The molecule has 3 nitrogen and oxygen atoms in total. The summed E-state index contributed by atoms with van der Waals surface area (Å²) in [5, 5.41) is 0. The Bertz CT molecular complexity index is 491. The van der Waals surface area contributed by atoms with Crippen molar-refractivity contribution >= 4 is 17.4 Å². The summed E-state index contributed by atoms with van der Waals surface area (Å²) in [6.45, 7) is 4.43. The van der Waals surface area contributed by atoms with Crippen LogP contribution in [0.2, 0.25) is 0 Å². The maximum absolute atomic E-state index is 6.07. The van der Waals surface area contributed by atoms with Gasteiger partial charge in [-0.15, -0.1) is 11.6 Å². The standard InChI is InChI=1S/C17H26ClN3/c1-3-4-14-9-13(11-18)10-17(19-14)21-8-7-15-5-6-16(12-21)20(15)2/h9-10,15-16H,3-8,11-12H2,1-2H3. The zero-order chi connectivity index (χ0) is 14.8. The zero-order valence-electron chi connectivity index (χ0n) is 13.2. The van der Waals surface area contributed by atoms with Gasteiger partial charge in [0.2, 0.25) is 0 Å². The Balaban J connectivity index is 1.83. The molecule has 2 aliphatic heterocycles. The number of aryl methyl sites for hydroxylation is 1. The Hall–Kier alpha value is -0.800. The molecule has 2 aliphatic rings. The smallest absolute Gasteiger partial charge is 0.129 e. The first-order valence-electron chi connectivity index (χ1n) is 8.24. The highest BCUT2D eigenvalue weighted by molar-refractivity contribution is 6.17. The van der Waals surface area contributed by atoms with Crippen LogP contribution in [0, 0.1) is 0 Å². The summed E-state index contributed by atoms with van der Waals surface area (Å²) < 4.78 is 0. The highest BCUT2D eigenvalue weighted by Crippen LogP contribution is 2.30. The lowest BCUT2D eigenvalue weighted by molar-refractivity contribution is 0.254. The molecule has 0 saturated carbocycles. The van der Waals surface area contributed by atoms with E-state index in [9.17, 15) is 0 Å². The summed E-state index contributed by atoms with van der Waals surface area (Å²) in [5.41, 5.74) is 2.39. The molecule has 116 valence electrons. The highest BCUT2D eigenvalue weighted by Gasteiger charge is 2.35. The van der Waals surface area contributed by atoms with E-state index < -0.39 is 0 Å². The lowest BCUT2D eigenvalue weighted by Gasteiger charge is -2.27. The Labute approximate surface area is 133 Å². The molecule has 0 aliphatic carbocycles. The summed E-state index contributed by atoms with van der Waals surface area (Å²) in [6.07, 6.45) is 6.12. The molecule has 3 heterocycles. The molecule has 0 N–H and O–H groups in total. The highest BCUT2D eigenvalue weighted by atomic mass is 35.5. The fraction of sp³-hybridized carbons (Fsp3) is 0.706. The third kappa shape index (κ3) is 3.19. The van der Waals surface area contributed by atoms with Gasteiger partial charge >= 0.3 is 0 Å². The van der Waals surface area contributed by atoms with Crippen molar-refractivity contribution in [2.75, 3.05) is 25.0 Å². The van der Waals surface area contributed by atoms with E-state index in [1.54, 1.807) is 0 Å². The van der Waals surface area contributed by atoms with Crippen molar-refractivity contribution < 1.29 is 0 Å². The Morgan fingerprint density at radius 2 is 2.05 bits per heavy atom. The minimum atomic E-state index is 0.575. The minimum absolute atomic E-state index is 0.575. The van der Waals surface area contributed by atoms with Crippen LogP contribution in [0.3, 0.4) is 0 Å². The van der Waals surface area contributed by atoms with Gasteiger partial charge < -0.3 is 4.90 Å². The van der Waals surface area contributed by atoms with Crippen molar-refractivity contribution in [1.29, 1.82) is 0 Å². The third-order valence-electron chi connectivity index (χ3n) is 5.06. The number of hydrogen-bond donors (Lipinski definition) is 0. The second kappa shape index (κ2) is 6.53. The SMILES string of the molecule is CCCc1cc(CCl)cc(N2CCC3CCC(C2)N3C)n1. The number of alkyl halides is 1. The quantitative estimate of drug-likeness (QED) is 0.794. The number of aromatic nitrogens is 1. The van der Waals surface area contributed by atoms with E-state index in [0.717, 1.165) is 37.8 Å². The van der Waals surface area contributed by atoms with E-state index in [1.165, 1.54) is 30.5 Å². The fourth-order valence-electron chi connectivity index (χ4n) is 3.77. The van der Waals surface area contributed by atoms with Gasteiger partial charge in [-0.1, -0.05) is 13.3 Å². The molecule has 0 amide bonds. The van der Waals surface area contributed by atoms with Crippen molar-refractivity contribution in [3.05, 3.63) is 23.4 Å². The van der Waals surface area contributed by atoms with Crippen LogP contribution in [0.1, 0.15) is 43.9 Å². The number of rotatable bonds is 4. The first-order valence-corrected chi connectivity index (χ1v) is 8.77. The molecule has 0 radical (unpaired) electrons. The molecule has 0 spiro atoms. The molecule has 2 atom stereocenters. The predicted molar refractivity (Wildman–Crippen MR) is 89.2 cm³/mol. The number of anilines is 1. The van der Waals surface area contributed by atoms with E-state index in [2.05, 4.69) is 35.9 Å². The van der Waals surface area contributed by atoms with Gasteiger partial charge in [-0.25, -0.2) is 4.98 Å². The van der Waals surface area contributed by atoms with Crippen molar-refractivity contribution in [3.8, 4) is 0 Å². The topological polar surface area (TPSA) is 19.4 Å². The number of halogens is 1. The monoisotopic (exact) mass is 307 g/mol. The fourth-order valence-corrected chi connectivity index (χ4v) is 3.93. The second-order valence-electron chi connectivity index (χ2n) is 6.49. The number of fused-ring (bicyclic) bond motifs is 2. The van der Waals surface area contributed by atoms with Crippen LogP contribution >= 0.6 is 11.6 Å². The predicted octanol–water partition coefficient (Wildman–Crippen LogP) is 3.45. The molecule has 2 unspecified atom stereocenters. The molecular weight excluding hydrogens is 282 g/mol. The van der Waals surface area contributed by atoms with Gasteiger partial charge in [-0.05, 0) is 50.4 Å². The maximum Gasteiger partial charge on any atom is 0.129 e. The lowest BCUT2D eigenvalue weighted by atomic mass is 10.1. The molecule has 1 aromatic rings. The molecule has 1 aromatic heterocycles. The van der Waals surface area contributed by atoms with Gasteiger partial charge in [0.05, 0.1) is 0 Å². The van der Waals surface area contributed by atoms with E-state index in [0.29, 0.717) is 11.9 Å². The van der Waals surface area contributed by atoms with Crippen LogP contribution < -0.4 is 4.90 Å². The van der Waals surface area contributed by atoms with E-state index in [1.807, 2.05) is 0 Å². The Morgan fingerprint density at radius 1 is 1.24 bits per heavy atom. The summed E-state index contributed by atoms with van der Waals surface area (Å²) in [6, 6.07) is 5.81. The minimum Gasteiger partial charge on any atom is -0.355 e. The molecule has 3 rings (SSSR count). The molecule has 4 heteroatoms. The van der Waals surface area contributed by atoms with Crippen LogP contribution in [-0.4, -0.2) is 42.1 Å². The van der Waals surface area contributed by atoms with Crippen LogP contribution in [0.5, 0.6) is 0 Å². The largest absolute Gasteiger partial charge is 0.355 e.